The van der Waals surface area contributed by atoms with E-state index >= 15 is 0 Å². The molecule has 11 nitrogen and oxygen atoms in total. The summed E-state index contributed by atoms with van der Waals surface area (Å²) in [6.45, 7) is 7.77. The number of fused-ring (bicyclic) bond motifs is 3. The van der Waals surface area contributed by atoms with E-state index in [-0.39, 0.29) is 12.5 Å². The first-order chi connectivity index (χ1) is 20.9. The Balaban J connectivity index is 1.62. The molecule has 0 saturated carbocycles. The molecule has 0 spiro atoms. The number of imidazole rings is 1. The Hall–Kier alpha value is -4.22. The second kappa shape index (κ2) is 15.3. The van der Waals surface area contributed by atoms with Crippen LogP contribution in [0.25, 0.3) is 21.9 Å². The molecule has 0 saturated heterocycles. The number of aryl methyl sites for hydroxylation is 1. The molecule has 4 aromatic rings. The third-order valence-electron chi connectivity index (χ3n) is 7.54. The highest BCUT2D eigenvalue weighted by Gasteiger charge is 2.21. The summed E-state index contributed by atoms with van der Waals surface area (Å²) in [5.74, 6) is 1.37. The van der Waals surface area contributed by atoms with Crippen LogP contribution in [0.5, 0.6) is 5.75 Å². The highest BCUT2D eigenvalue weighted by atomic mass is 16.6. The van der Waals surface area contributed by atoms with Crippen molar-refractivity contribution in [3.63, 3.8) is 0 Å². The van der Waals surface area contributed by atoms with Crippen LogP contribution in [0.2, 0.25) is 0 Å². The van der Waals surface area contributed by atoms with Gasteiger partial charge < -0.3 is 29.4 Å². The van der Waals surface area contributed by atoms with E-state index in [1.54, 1.807) is 13.2 Å². The molecule has 0 bridgehead atoms. The minimum Gasteiger partial charge on any atom is -0.482 e. The Morgan fingerprint density at radius 1 is 1.00 bits per heavy atom. The van der Waals surface area contributed by atoms with E-state index in [0.29, 0.717) is 62.7 Å². The van der Waals surface area contributed by atoms with Crippen LogP contribution in [-0.4, -0.2) is 89.8 Å². The Bertz CT molecular complexity index is 1530. The van der Waals surface area contributed by atoms with Crippen LogP contribution in [0.3, 0.4) is 0 Å². The summed E-state index contributed by atoms with van der Waals surface area (Å²) in [7, 11) is 2.99. The van der Waals surface area contributed by atoms with Crippen LogP contribution in [0.4, 0.5) is 5.82 Å². The zero-order valence-corrected chi connectivity index (χ0v) is 25.5. The van der Waals surface area contributed by atoms with Gasteiger partial charge in [0.1, 0.15) is 17.1 Å². The average molecular weight is 591 g/mol. The number of nitrogens with two attached hydrogens (primary N) is 1. The summed E-state index contributed by atoms with van der Waals surface area (Å²) >= 11 is 0. The molecule has 0 radical (unpaired) electrons. The summed E-state index contributed by atoms with van der Waals surface area (Å²) in [6, 6.07) is 15.4. The molecule has 0 unspecified atom stereocenters. The Kier molecular flexibility index (Phi) is 11.3. The fourth-order valence-electron chi connectivity index (χ4n) is 5.16. The maximum atomic E-state index is 13.6. The topological polar surface area (TPSA) is 125 Å². The van der Waals surface area contributed by atoms with Crippen LogP contribution >= 0.6 is 0 Å². The van der Waals surface area contributed by atoms with E-state index in [1.807, 2.05) is 61.2 Å². The number of para-hydroxylation sites is 2. The number of rotatable bonds is 16. The second-order valence-corrected chi connectivity index (χ2v) is 10.2. The van der Waals surface area contributed by atoms with Gasteiger partial charge in [0.2, 0.25) is 5.91 Å². The molecule has 2 N–H and O–H groups in total. The van der Waals surface area contributed by atoms with Crippen molar-refractivity contribution in [3.05, 3.63) is 59.9 Å². The van der Waals surface area contributed by atoms with Crippen molar-refractivity contribution < 1.29 is 23.8 Å². The fraction of sp³-hybridized carbons (Fsp3) is 0.438. The van der Waals surface area contributed by atoms with E-state index in [0.717, 1.165) is 40.9 Å². The van der Waals surface area contributed by atoms with Crippen molar-refractivity contribution in [1.29, 1.82) is 0 Å². The van der Waals surface area contributed by atoms with E-state index < -0.39 is 5.97 Å². The van der Waals surface area contributed by atoms with Crippen molar-refractivity contribution >= 4 is 39.6 Å². The Morgan fingerprint density at radius 2 is 1.74 bits per heavy atom. The van der Waals surface area contributed by atoms with Gasteiger partial charge in [0.25, 0.3) is 0 Å². The SMILES string of the molecule is CCN(CC)CC(=O)N(CCCn1c(CCOC)nc2c(N)nc3ccccc3c21)Cc1ccccc1OCC(=O)OC. The molecule has 230 valence electrons. The van der Waals surface area contributed by atoms with Crippen LogP contribution in [0.1, 0.15) is 31.7 Å². The summed E-state index contributed by atoms with van der Waals surface area (Å²) in [4.78, 5) is 38.8. The van der Waals surface area contributed by atoms with Crippen molar-refractivity contribution in [3.8, 4) is 5.75 Å². The van der Waals surface area contributed by atoms with E-state index in [9.17, 15) is 9.59 Å². The number of carbonyl (C=O) groups excluding carboxylic acids is 2. The number of anilines is 1. The smallest absolute Gasteiger partial charge is 0.343 e. The van der Waals surface area contributed by atoms with E-state index in [2.05, 4.69) is 14.5 Å². The maximum absolute atomic E-state index is 13.6. The summed E-state index contributed by atoms with van der Waals surface area (Å²) < 4.78 is 18.0. The monoisotopic (exact) mass is 590 g/mol. The zero-order valence-electron chi connectivity index (χ0n) is 25.5. The molecule has 1 amide bonds. The molecule has 0 aliphatic carbocycles. The van der Waals surface area contributed by atoms with Gasteiger partial charge in [-0.1, -0.05) is 50.2 Å². The molecular weight excluding hydrogens is 548 g/mol. The first-order valence-corrected chi connectivity index (χ1v) is 14.7. The van der Waals surface area contributed by atoms with Crippen molar-refractivity contribution in [1.82, 2.24) is 24.3 Å². The lowest BCUT2D eigenvalue weighted by atomic mass is 10.1. The normalized spacial score (nSPS) is 11.4. The Labute approximate surface area is 252 Å². The molecular formula is C32H42N6O5. The lowest BCUT2D eigenvalue weighted by Crippen LogP contribution is -2.40. The number of ether oxygens (including phenoxy) is 3. The zero-order chi connectivity index (χ0) is 30.8. The number of esters is 1. The van der Waals surface area contributed by atoms with Gasteiger partial charge in [-0.15, -0.1) is 0 Å². The second-order valence-electron chi connectivity index (χ2n) is 10.2. The number of hydrogen-bond acceptors (Lipinski definition) is 9. The van der Waals surface area contributed by atoms with Gasteiger partial charge in [0, 0.05) is 44.1 Å². The van der Waals surface area contributed by atoms with Gasteiger partial charge in [-0.3, -0.25) is 9.69 Å². The van der Waals surface area contributed by atoms with Gasteiger partial charge in [-0.25, -0.2) is 14.8 Å². The van der Waals surface area contributed by atoms with Crippen LogP contribution < -0.4 is 10.5 Å². The molecule has 11 heteroatoms. The standard InChI is InChI=1S/C32H42N6O5/c1-5-36(6-2)21-28(39)37(20-23-12-7-10-15-26(23)43-22-29(40)42-4)17-11-18-38-27(16-19-41-3)35-30-31(38)24-13-8-9-14-25(24)34-32(30)33/h7-10,12-15H,5-6,11,16-22H2,1-4H3,(H2,33,34). The molecule has 2 aromatic heterocycles. The number of nitrogens with zero attached hydrogens (tertiary/aromatic N) is 5. The highest BCUT2D eigenvalue weighted by molar-refractivity contribution is 6.06. The summed E-state index contributed by atoms with van der Waals surface area (Å²) in [6.07, 6.45) is 1.30. The molecule has 0 fully saturated rings. The number of likely N-dealkylation sites (N-methyl/N-ethyl adjacent to an activating group) is 1. The molecule has 2 heterocycles. The largest absolute Gasteiger partial charge is 0.482 e. The Morgan fingerprint density at radius 3 is 2.49 bits per heavy atom. The molecule has 0 atom stereocenters. The minimum atomic E-state index is -0.468. The number of carbonyl (C=O) groups is 2. The quantitative estimate of drug-likeness (QED) is 0.195. The number of methoxy groups -OCH3 is 2. The van der Waals surface area contributed by atoms with Gasteiger partial charge >= 0.3 is 5.97 Å². The maximum Gasteiger partial charge on any atom is 0.343 e. The molecule has 43 heavy (non-hydrogen) atoms. The first-order valence-electron chi connectivity index (χ1n) is 14.7. The van der Waals surface area contributed by atoms with Crippen LogP contribution in [0.15, 0.2) is 48.5 Å². The van der Waals surface area contributed by atoms with E-state index in [4.69, 9.17) is 24.9 Å². The molecule has 2 aromatic carbocycles. The number of nitrogen functional groups attached to an aromatic ring is 1. The van der Waals surface area contributed by atoms with Gasteiger partial charge in [0.15, 0.2) is 12.4 Å². The first kappa shape index (κ1) is 31.7. The minimum absolute atomic E-state index is 0.0282. The van der Waals surface area contributed by atoms with Crippen LogP contribution in [0, 0.1) is 0 Å². The summed E-state index contributed by atoms with van der Waals surface area (Å²) in [5, 5.41) is 0.981. The van der Waals surface area contributed by atoms with Gasteiger partial charge in [-0.05, 0) is 31.6 Å². The van der Waals surface area contributed by atoms with Crippen molar-refractivity contribution in [2.24, 2.45) is 0 Å². The fourth-order valence-corrected chi connectivity index (χ4v) is 5.16. The number of hydrogen-bond donors (Lipinski definition) is 1. The molecule has 0 aliphatic heterocycles. The van der Waals surface area contributed by atoms with E-state index in [1.165, 1.54) is 7.11 Å². The third-order valence-corrected chi connectivity index (χ3v) is 7.54. The molecule has 4 rings (SSSR count). The van der Waals surface area contributed by atoms with Crippen molar-refractivity contribution in [2.45, 2.75) is 39.8 Å². The third kappa shape index (κ3) is 7.79. The van der Waals surface area contributed by atoms with Crippen LogP contribution in [-0.2, 0) is 38.6 Å². The van der Waals surface area contributed by atoms with Gasteiger partial charge in [0.05, 0.1) is 31.3 Å². The number of pyridine rings is 1. The number of amides is 1. The van der Waals surface area contributed by atoms with Crippen molar-refractivity contribution in [2.75, 3.05) is 59.3 Å². The number of benzene rings is 2. The predicted molar refractivity (Wildman–Crippen MR) is 167 cm³/mol. The molecule has 0 aliphatic rings. The van der Waals surface area contributed by atoms with Gasteiger partial charge in [-0.2, -0.15) is 0 Å². The average Bonchev–Trinajstić information content (AvgIpc) is 3.40. The highest BCUT2D eigenvalue weighted by Crippen LogP contribution is 2.29. The lowest BCUT2D eigenvalue weighted by Gasteiger charge is -2.27. The lowest BCUT2D eigenvalue weighted by molar-refractivity contribution is -0.143. The predicted octanol–water partition coefficient (Wildman–Crippen LogP) is 3.67. The number of aromatic nitrogens is 3. The summed E-state index contributed by atoms with van der Waals surface area (Å²) in [5.41, 5.74) is 9.61.